The van der Waals surface area contributed by atoms with Crippen LogP contribution in [-0.4, -0.2) is 88.6 Å². The Kier molecular flexibility index (Phi) is 20.8. The number of aromatic nitrogens is 10. The van der Waals surface area contributed by atoms with Crippen LogP contribution in [0.4, 0.5) is 8.78 Å². The van der Waals surface area contributed by atoms with Gasteiger partial charge in [0.05, 0.1) is 6.61 Å². The van der Waals surface area contributed by atoms with Gasteiger partial charge in [0.2, 0.25) is 34.5 Å². The third-order valence-corrected chi connectivity index (χ3v) is 23.1. The van der Waals surface area contributed by atoms with Gasteiger partial charge in [0.1, 0.15) is 0 Å². The van der Waals surface area contributed by atoms with Crippen molar-refractivity contribution in [2.45, 2.75) is 91.6 Å². The standard InChI is InChI=1S/C11H10FN5O.C8H6FN5S.C4H7O.3C4H9.Sn/c1-3-18-7(2)10-14-16-11(17-15-10)8-4-5-9(12)13-6-8;1-15-8-13-11-7(12-14-8)5-2-3-6(9)10-4-5;1-3-5-4-2;3*1-3-4-2;/h4-6H,2-3H2,1H3;2-4H,1H3;1,4H2,2H3;3*1,3-4H2,2H3;. The number of hydrogen-bond acceptors (Lipinski definition) is 13. The first-order valence-electron chi connectivity index (χ1n) is 17.2. The van der Waals surface area contributed by atoms with Crippen LogP contribution in [-0.2, 0) is 9.47 Å². The molecule has 0 unspecified atom stereocenters. The van der Waals surface area contributed by atoms with Crippen molar-refractivity contribution in [1.82, 2.24) is 50.8 Å². The minimum absolute atomic E-state index is 0.218. The van der Waals surface area contributed by atoms with E-state index >= 15 is 0 Å². The molecule has 0 spiro atoms. The van der Waals surface area contributed by atoms with E-state index in [1.807, 2.05) is 13.2 Å². The zero-order chi connectivity index (χ0) is 37.5. The van der Waals surface area contributed by atoms with E-state index in [0.29, 0.717) is 34.5 Å². The molecule has 0 amide bonds. The Morgan fingerprint density at radius 1 is 0.647 bits per heavy atom. The molecule has 0 bridgehead atoms. The molecule has 0 N–H and O–H groups in total. The van der Waals surface area contributed by atoms with E-state index in [-0.39, 0.29) is 11.6 Å². The van der Waals surface area contributed by atoms with Gasteiger partial charge in [-0.25, -0.2) is 9.97 Å². The molecule has 4 rings (SSSR count). The fourth-order valence-corrected chi connectivity index (χ4v) is 19.7. The van der Waals surface area contributed by atoms with Crippen LogP contribution in [0.3, 0.4) is 0 Å². The molecular formula is C35H50F2N10O2SSn. The molecule has 16 heteroatoms. The van der Waals surface area contributed by atoms with Gasteiger partial charge < -0.3 is 4.74 Å². The van der Waals surface area contributed by atoms with Crippen LogP contribution in [0.2, 0.25) is 13.3 Å². The van der Waals surface area contributed by atoms with Gasteiger partial charge in [-0.3, -0.25) is 0 Å². The van der Waals surface area contributed by atoms with Crippen LogP contribution < -0.4 is 0 Å². The first-order valence-corrected chi connectivity index (χ1v) is 25.9. The number of unbranched alkanes of at least 4 members (excludes halogenated alkanes) is 3. The van der Waals surface area contributed by atoms with Crippen molar-refractivity contribution >= 4 is 35.9 Å². The summed E-state index contributed by atoms with van der Waals surface area (Å²) >= 11 is -0.891. The zero-order valence-corrected chi connectivity index (χ0v) is 34.3. The molecule has 0 aliphatic carbocycles. The van der Waals surface area contributed by atoms with Gasteiger partial charge >= 0.3 is 120 Å². The van der Waals surface area contributed by atoms with Gasteiger partial charge in [0, 0.05) is 23.5 Å². The molecule has 4 aromatic heterocycles. The molecule has 0 fully saturated rings. The summed E-state index contributed by atoms with van der Waals surface area (Å²) in [5.74, 6) is 0.00853. The number of pyridine rings is 2. The van der Waals surface area contributed by atoms with Crippen LogP contribution in [0, 0.1) is 11.9 Å². The Hall–Kier alpha value is -3.73. The Balaban J connectivity index is 0.000000266. The molecule has 51 heavy (non-hydrogen) atoms. The van der Waals surface area contributed by atoms with Gasteiger partial charge in [0.15, 0.2) is 5.76 Å². The molecule has 0 aliphatic rings. The van der Waals surface area contributed by atoms with Gasteiger partial charge in [-0.1, -0.05) is 18.3 Å². The van der Waals surface area contributed by atoms with Crippen molar-refractivity contribution in [3.8, 4) is 22.8 Å². The van der Waals surface area contributed by atoms with Crippen molar-refractivity contribution in [2.75, 3.05) is 19.5 Å². The largest absolute Gasteiger partial charge is 0.229 e. The maximum absolute atomic E-state index is 12.6. The molecule has 0 saturated heterocycles. The van der Waals surface area contributed by atoms with Gasteiger partial charge in [-0.15, -0.1) is 40.8 Å². The summed E-state index contributed by atoms with van der Waals surface area (Å²) in [5, 5.41) is 31.2. The van der Waals surface area contributed by atoms with E-state index in [2.05, 4.69) is 91.6 Å². The number of halogens is 2. The average molecular weight is 832 g/mol. The van der Waals surface area contributed by atoms with Crippen LogP contribution in [0.25, 0.3) is 28.5 Å². The summed E-state index contributed by atoms with van der Waals surface area (Å²) in [6, 6.07) is 5.48. The Morgan fingerprint density at radius 2 is 1.08 bits per heavy atom. The summed E-state index contributed by atoms with van der Waals surface area (Å²) in [4.78, 5) is 6.99. The minimum atomic E-state index is -2.24. The van der Waals surface area contributed by atoms with Crippen molar-refractivity contribution < 1.29 is 18.3 Å². The van der Waals surface area contributed by atoms with Crippen molar-refractivity contribution in [1.29, 1.82) is 0 Å². The van der Waals surface area contributed by atoms with Crippen LogP contribution in [0.5, 0.6) is 0 Å². The summed E-state index contributed by atoms with van der Waals surface area (Å²) in [5.41, 5.74) is 1.12. The van der Waals surface area contributed by atoms with E-state index in [0.717, 1.165) is 6.61 Å². The number of ether oxygens (including phenoxy) is 2. The number of nitrogens with zero attached hydrogens (tertiary/aromatic N) is 10. The first-order chi connectivity index (χ1) is 24.7. The number of rotatable bonds is 18. The maximum Gasteiger partial charge on any atom is 0.229 e. The van der Waals surface area contributed by atoms with Gasteiger partial charge in [-0.2, -0.15) is 8.78 Å². The van der Waals surface area contributed by atoms with Gasteiger partial charge in [0.25, 0.3) is 0 Å². The zero-order valence-electron chi connectivity index (χ0n) is 30.6. The Labute approximate surface area is 308 Å². The van der Waals surface area contributed by atoms with Gasteiger partial charge in [-0.05, 0) is 37.4 Å². The fourth-order valence-electron chi connectivity index (χ4n) is 4.79. The van der Waals surface area contributed by atoms with Crippen LogP contribution >= 0.6 is 11.8 Å². The topological polar surface area (TPSA) is 147 Å². The third kappa shape index (κ3) is 15.2. The molecule has 0 radical (unpaired) electrons. The van der Waals surface area contributed by atoms with E-state index < -0.39 is 30.3 Å². The molecule has 4 heterocycles. The summed E-state index contributed by atoms with van der Waals surface area (Å²) in [7, 11) is 0. The molecule has 4 aromatic rings. The molecule has 276 valence electrons. The first kappa shape index (κ1) is 43.4. The average Bonchev–Trinajstić information content (AvgIpc) is 3.16. The second-order valence-corrected chi connectivity index (χ2v) is 25.3. The predicted octanol–water partition coefficient (Wildman–Crippen LogP) is 8.59. The summed E-state index contributed by atoms with van der Waals surface area (Å²) in [6.07, 6.45) is 12.6. The second kappa shape index (κ2) is 24.5. The second-order valence-electron chi connectivity index (χ2n) is 11.3. The fraction of sp³-hybridized carbons (Fsp3) is 0.486. The number of hydrogen-bond donors (Lipinski definition) is 0. The summed E-state index contributed by atoms with van der Waals surface area (Å²) < 4.78 is 41.9. The van der Waals surface area contributed by atoms with E-state index in [1.54, 1.807) is 0 Å². The smallest absolute Gasteiger partial charge is 0.228 e. The van der Waals surface area contributed by atoms with E-state index in [4.69, 9.17) is 9.47 Å². The number of thioether (sulfide) groups is 1. The molecule has 0 aliphatic heterocycles. The van der Waals surface area contributed by atoms with E-state index in [1.165, 1.54) is 104 Å². The predicted molar refractivity (Wildman–Crippen MR) is 200 cm³/mol. The van der Waals surface area contributed by atoms with Crippen LogP contribution in [0.15, 0.2) is 58.7 Å². The molecular weight excluding hydrogens is 781 g/mol. The Morgan fingerprint density at radius 3 is 1.43 bits per heavy atom. The quantitative estimate of drug-likeness (QED) is 0.0409. The molecule has 0 atom stereocenters. The molecule has 12 nitrogen and oxygen atoms in total. The van der Waals surface area contributed by atoms with Crippen molar-refractivity contribution in [2.24, 2.45) is 0 Å². The minimum Gasteiger partial charge on any atom is -0.228 e. The molecule has 0 saturated carbocycles. The Bertz CT molecular complexity index is 1550. The van der Waals surface area contributed by atoms with Crippen molar-refractivity contribution in [3.05, 3.63) is 71.3 Å². The van der Waals surface area contributed by atoms with E-state index in [9.17, 15) is 8.78 Å². The maximum atomic E-state index is 12.6. The molecule has 0 aromatic carbocycles. The summed E-state index contributed by atoms with van der Waals surface area (Å²) in [6.45, 7) is 20.1. The normalized spacial score (nSPS) is 10.7. The van der Waals surface area contributed by atoms with Crippen molar-refractivity contribution in [3.63, 3.8) is 0 Å². The third-order valence-electron chi connectivity index (χ3n) is 7.60. The monoisotopic (exact) mass is 832 g/mol. The SMILES string of the molecule is C=C(OCC)c1nnc(-c2ccc(F)nc2)nn1.C=[C](OCC)[Sn]([CH2]CCC)([CH2]CCC)[CH2]CCC.CSc1nnc(-c2ccc(F)nc2)nn1. The van der Waals surface area contributed by atoms with Crippen LogP contribution in [0.1, 0.15) is 79.0 Å².